The lowest BCUT2D eigenvalue weighted by Crippen LogP contribution is -2.40. The molecule has 0 aliphatic heterocycles. The minimum absolute atomic E-state index is 0.165. The highest BCUT2D eigenvalue weighted by molar-refractivity contribution is 9.10. The summed E-state index contributed by atoms with van der Waals surface area (Å²) < 4.78 is 26.1. The Morgan fingerprint density at radius 1 is 1.16 bits per heavy atom. The summed E-state index contributed by atoms with van der Waals surface area (Å²) in [6, 6.07) is 16.6. The maximum absolute atomic E-state index is 12.3. The Morgan fingerprint density at radius 3 is 2.44 bits per heavy atom. The molecule has 2 aromatic carbocycles. The van der Waals surface area contributed by atoms with Crippen molar-refractivity contribution < 1.29 is 13.2 Å². The zero-order valence-corrected chi connectivity index (χ0v) is 16.5. The molecule has 0 heterocycles. The van der Waals surface area contributed by atoms with Gasteiger partial charge in [0.25, 0.3) is 0 Å². The summed E-state index contributed by atoms with van der Waals surface area (Å²) in [6.45, 7) is 1.81. The Morgan fingerprint density at radius 2 is 1.84 bits per heavy atom. The van der Waals surface area contributed by atoms with Crippen LogP contribution in [-0.2, 0) is 21.4 Å². The number of rotatable bonds is 7. The lowest BCUT2D eigenvalue weighted by Gasteiger charge is -2.21. The molecular formula is C18H21BrN2O3S. The summed E-state index contributed by atoms with van der Waals surface area (Å²) in [7, 11) is -3.50. The highest BCUT2D eigenvalue weighted by Crippen LogP contribution is 2.18. The lowest BCUT2D eigenvalue weighted by molar-refractivity contribution is -0.122. The van der Waals surface area contributed by atoms with Crippen molar-refractivity contribution in [3.63, 3.8) is 0 Å². The third kappa shape index (κ3) is 6.26. The van der Waals surface area contributed by atoms with Crippen LogP contribution in [0.3, 0.4) is 0 Å². The van der Waals surface area contributed by atoms with E-state index in [0.717, 1.165) is 21.9 Å². The summed E-state index contributed by atoms with van der Waals surface area (Å²) in [6.07, 6.45) is 1.11. The van der Waals surface area contributed by atoms with Gasteiger partial charge in [0, 0.05) is 11.0 Å². The number of carbonyl (C=O) groups is 1. The van der Waals surface area contributed by atoms with E-state index in [2.05, 4.69) is 21.2 Å². The third-order valence-corrected chi connectivity index (χ3v) is 5.41. The van der Waals surface area contributed by atoms with E-state index in [1.807, 2.05) is 61.5 Å². The third-order valence-electron chi connectivity index (χ3n) is 3.72. The summed E-state index contributed by atoms with van der Waals surface area (Å²) in [5, 5.41) is 2.85. The van der Waals surface area contributed by atoms with E-state index in [1.54, 1.807) is 0 Å². The molecule has 0 aliphatic carbocycles. The van der Waals surface area contributed by atoms with Gasteiger partial charge in [-0.25, -0.2) is 8.42 Å². The van der Waals surface area contributed by atoms with Gasteiger partial charge >= 0.3 is 0 Å². The summed E-state index contributed by atoms with van der Waals surface area (Å²) in [4.78, 5) is 12.3. The first-order chi connectivity index (χ1) is 11.8. The van der Waals surface area contributed by atoms with Crippen molar-refractivity contribution in [1.82, 2.24) is 9.62 Å². The van der Waals surface area contributed by atoms with Crippen molar-refractivity contribution >= 4 is 31.9 Å². The van der Waals surface area contributed by atoms with Crippen molar-refractivity contribution in [2.75, 3.05) is 12.8 Å². The van der Waals surface area contributed by atoms with Crippen molar-refractivity contribution in [3.05, 3.63) is 70.2 Å². The molecule has 0 fully saturated rings. The predicted molar refractivity (Wildman–Crippen MR) is 102 cm³/mol. The van der Waals surface area contributed by atoms with E-state index in [-0.39, 0.29) is 25.0 Å². The average molecular weight is 425 g/mol. The number of halogens is 1. The molecule has 0 aliphatic rings. The number of nitrogens with zero attached hydrogens (tertiary/aromatic N) is 1. The van der Waals surface area contributed by atoms with Gasteiger partial charge < -0.3 is 5.32 Å². The molecule has 5 nitrogen and oxygen atoms in total. The van der Waals surface area contributed by atoms with Crippen molar-refractivity contribution in [2.45, 2.75) is 19.5 Å². The number of amides is 1. The summed E-state index contributed by atoms with van der Waals surface area (Å²) in [5.41, 5.74) is 1.78. The van der Waals surface area contributed by atoms with Gasteiger partial charge in [0.05, 0.1) is 18.8 Å². The van der Waals surface area contributed by atoms with Gasteiger partial charge in [-0.2, -0.15) is 4.31 Å². The smallest absolute Gasteiger partial charge is 0.235 e. The van der Waals surface area contributed by atoms with Gasteiger partial charge in [0.2, 0.25) is 15.9 Å². The quantitative estimate of drug-likeness (QED) is 0.742. The monoisotopic (exact) mass is 424 g/mol. The maximum Gasteiger partial charge on any atom is 0.235 e. The van der Waals surface area contributed by atoms with Crippen LogP contribution in [0, 0.1) is 0 Å². The van der Waals surface area contributed by atoms with Crippen LogP contribution in [0.5, 0.6) is 0 Å². The molecular weight excluding hydrogens is 404 g/mol. The standard InChI is InChI=1S/C18H21BrN2O3S/c1-14(16-9-6-10-17(19)11-16)20-18(22)13-21(25(2,23)24)12-15-7-4-3-5-8-15/h3-11,14H,12-13H2,1-2H3,(H,20,22)/t14-/m1/s1. The van der Waals surface area contributed by atoms with E-state index in [4.69, 9.17) is 0 Å². The van der Waals surface area contributed by atoms with Gasteiger partial charge in [-0.05, 0) is 30.2 Å². The number of hydrogen-bond acceptors (Lipinski definition) is 3. The predicted octanol–water partition coefficient (Wildman–Crippen LogP) is 3.09. The van der Waals surface area contributed by atoms with Gasteiger partial charge in [-0.1, -0.05) is 58.4 Å². The molecule has 1 N–H and O–H groups in total. The van der Waals surface area contributed by atoms with E-state index < -0.39 is 10.0 Å². The molecule has 1 amide bonds. The molecule has 0 spiro atoms. The summed E-state index contributed by atoms with van der Waals surface area (Å²) in [5.74, 6) is -0.339. The SMILES string of the molecule is C[C@@H](NC(=O)CN(Cc1ccccc1)S(C)(=O)=O)c1cccc(Br)c1. The van der Waals surface area contributed by atoms with Crippen LogP contribution in [0.15, 0.2) is 59.1 Å². The second kappa shape index (κ2) is 8.60. The topological polar surface area (TPSA) is 66.5 Å². The van der Waals surface area contributed by atoms with Crippen molar-refractivity contribution in [2.24, 2.45) is 0 Å². The highest BCUT2D eigenvalue weighted by atomic mass is 79.9. The van der Waals surface area contributed by atoms with Gasteiger partial charge in [0.15, 0.2) is 0 Å². The fourth-order valence-corrected chi connectivity index (χ4v) is 3.54. The number of sulfonamides is 1. The van der Waals surface area contributed by atoms with E-state index in [0.29, 0.717) is 0 Å². The number of hydrogen-bond donors (Lipinski definition) is 1. The highest BCUT2D eigenvalue weighted by Gasteiger charge is 2.21. The minimum atomic E-state index is -3.50. The van der Waals surface area contributed by atoms with Crippen LogP contribution in [-0.4, -0.2) is 31.4 Å². The van der Waals surface area contributed by atoms with Crippen LogP contribution >= 0.6 is 15.9 Å². The lowest BCUT2D eigenvalue weighted by atomic mass is 10.1. The van der Waals surface area contributed by atoms with Crippen LogP contribution in [0.25, 0.3) is 0 Å². The number of carbonyl (C=O) groups excluding carboxylic acids is 1. The maximum atomic E-state index is 12.3. The van der Waals surface area contributed by atoms with Gasteiger partial charge in [0.1, 0.15) is 0 Å². The second-order valence-corrected chi connectivity index (χ2v) is 8.76. The normalized spacial score (nSPS) is 12.8. The number of nitrogens with one attached hydrogen (secondary N) is 1. The fourth-order valence-electron chi connectivity index (χ4n) is 2.38. The summed E-state index contributed by atoms with van der Waals surface area (Å²) >= 11 is 3.40. The van der Waals surface area contributed by atoms with E-state index in [9.17, 15) is 13.2 Å². The molecule has 25 heavy (non-hydrogen) atoms. The Labute approximate surface area is 157 Å². The zero-order chi connectivity index (χ0) is 18.4. The zero-order valence-electron chi connectivity index (χ0n) is 14.1. The van der Waals surface area contributed by atoms with Crippen LogP contribution in [0.1, 0.15) is 24.1 Å². The first-order valence-electron chi connectivity index (χ1n) is 7.79. The Kier molecular flexibility index (Phi) is 6.75. The second-order valence-electron chi connectivity index (χ2n) is 5.86. The van der Waals surface area contributed by atoms with Gasteiger partial charge in [-0.15, -0.1) is 0 Å². The van der Waals surface area contributed by atoms with Crippen LogP contribution < -0.4 is 5.32 Å². The first-order valence-corrected chi connectivity index (χ1v) is 10.4. The largest absolute Gasteiger partial charge is 0.348 e. The van der Waals surface area contributed by atoms with Gasteiger partial charge in [-0.3, -0.25) is 4.79 Å². The van der Waals surface area contributed by atoms with Crippen LogP contribution in [0.2, 0.25) is 0 Å². The molecule has 0 unspecified atom stereocenters. The molecule has 0 saturated heterocycles. The minimum Gasteiger partial charge on any atom is -0.348 e. The van der Waals surface area contributed by atoms with Crippen molar-refractivity contribution in [3.8, 4) is 0 Å². The molecule has 2 aromatic rings. The molecule has 0 saturated carbocycles. The fraction of sp³-hybridized carbons (Fsp3) is 0.278. The van der Waals surface area contributed by atoms with Crippen LogP contribution in [0.4, 0.5) is 0 Å². The average Bonchev–Trinajstić information content (AvgIpc) is 2.54. The molecule has 2 rings (SSSR count). The Bertz CT molecular complexity index is 825. The molecule has 1 atom stereocenters. The molecule has 134 valence electrons. The van der Waals surface area contributed by atoms with Crippen molar-refractivity contribution in [1.29, 1.82) is 0 Å². The molecule has 0 aromatic heterocycles. The molecule has 7 heteroatoms. The Balaban J connectivity index is 2.04. The number of benzene rings is 2. The first kappa shape index (κ1) is 19.6. The van der Waals surface area contributed by atoms with E-state index >= 15 is 0 Å². The Hall–Kier alpha value is -1.70. The molecule has 0 radical (unpaired) electrons. The van der Waals surface area contributed by atoms with E-state index in [1.165, 1.54) is 4.31 Å². The molecule has 0 bridgehead atoms.